The Kier molecular flexibility index (Phi) is 2.65. The zero-order chi connectivity index (χ0) is 11.8. The number of nitrogens with one attached hydrogen (secondary N) is 2. The highest BCUT2D eigenvalue weighted by Gasteiger charge is 2.29. The molecule has 3 heteroatoms. The first-order valence-corrected chi connectivity index (χ1v) is 6.31. The van der Waals surface area contributed by atoms with Gasteiger partial charge in [-0.25, -0.2) is 0 Å². The summed E-state index contributed by atoms with van der Waals surface area (Å²) in [6, 6.07) is 6.24. The van der Waals surface area contributed by atoms with E-state index >= 15 is 0 Å². The van der Waals surface area contributed by atoms with Crippen LogP contribution in [0.3, 0.4) is 0 Å². The van der Waals surface area contributed by atoms with Crippen molar-refractivity contribution in [3.8, 4) is 0 Å². The Morgan fingerprint density at radius 3 is 3.18 bits per heavy atom. The molecule has 0 saturated carbocycles. The number of aliphatic hydroxyl groups excluding tert-OH is 1. The number of hydrogen-bond acceptors (Lipinski definition) is 2. The Hall–Kier alpha value is -1.32. The van der Waals surface area contributed by atoms with E-state index in [2.05, 4.69) is 29.5 Å². The van der Waals surface area contributed by atoms with Crippen molar-refractivity contribution in [3.63, 3.8) is 0 Å². The Labute approximate surface area is 101 Å². The van der Waals surface area contributed by atoms with E-state index < -0.39 is 6.10 Å². The van der Waals surface area contributed by atoms with Gasteiger partial charge in [0.25, 0.3) is 0 Å². The van der Waals surface area contributed by atoms with Gasteiger partial charge in [-0.15, -0.1) is 0 Å². The first-order valence-electron chi connectivity index (χ1n) is 6.31. The summed E-state index contributed by atoms with van der Waals surface area (Å²) in [5.74, 6) is 0. The minimum atomic E-state index is -0.395. The second-order valence-corrected chi connectivity index (χ2v) is 4.79. The van der Waals surface area contributed by atoms with Crippen molar-refractivity contribution in [1.82, 2.24) is 10.3 Å². The third-order valence-electron chi connectivity index (χ3n) is 3.62. The van der Waals surface area contributed by atoms with Crippen LogP contribution in [0.1, 0.15) is 30.6 Å². The average molecular weight is 230 g/mol. The van der Waals surface area contributed by atoms with E-state index in [-0.39, 0.29) is 6.04 Å². The lowest BCUT2D eigenvalue weighted by Gasteiger charge is -2.29. The normalized spacial score (nSPS) is 23.2. The summed E-state index contributed by atoms with van der Waals surface area (Å²) in [6.45, 7) is 3.10. The molecule has 1 heterocycles. The fourth-order valence-electron chi connectivity index (χ4n) is 2.77. The Morgan fingerprint density at radius 1 is 1.47 bits per heavy atom. The van der Waals surface area contributed by atoms with Gasteiger partial charge in [0.1, 0.15) is 0 Å². The van der Waals surface area contributed by atoms with Gasteiger partial charge < -0.3 is 15.4 Å². The molecule has 3 nitrogen and oxygen atoms in total. The van der Waals surface area contributed by atoms with Gasteiger partial charge in [-0.05, 0) is 36.6 Å². The van der Waals surface area contributed by atoms with Crippen molar-refractivity contribution >= 4 is 10.9 Å². The van der Waals surface area contributed by atoms with Crippen LogP contribution < -0.4 is 5.32 Å². The van der Waals surface area contributed by atoms with Crippen LogP contribution >= 0.6 is 0 Å². The molecular formula is C14H18N2O. The van der Waals surface area contributed by atoms with Gasteiger partial charge in [0.05, 0.1) is 6.10 Å². The minimum absolute atomic E-state index is 0.142. The Bertz CT molecular complexity index is 532. The molecule has 2 atom stereocenters. The van der Waals surface area contributed by atoms with E-state index in [9.17, 15) is 5.11 Å². The molecule has 0 saturated heterocycles. The van der Waals surface area contributed by atoms with Crippen LogP contribution in [0, 0.1) is 0 Å². The van der Waals surface area contributed by atoms with Crippen LogP contribution in [0.25, 0.3) is 10.9 Å². The third-order valence-corrected chi connectivity index (χ3v) is 3.62. The van der Waals surface area contributed by atoms with Crippen molar-refractivity contribution < 1.29 is 5.11 Å². The van der Waals surface area contributed by atoms with Crippen molar-refractivity contribution in [3.05, 3.63) is 35.5 Å². The van der Waals surface area contributed by atoms with Crippen LogP contribution in [-0.2, 0) is 6.42 Å². The molecule has 0 amide bonds. The standard InChI is InChI=1S/C14H18N2O/c1-2-6-15-12-7-9-8-16-11-5-3-4-10(13(9)11)14(12)17/h3-5,8,12,14-17H,2,6-7H2,1H3. The number of aliphatic hydroxyl groups is 1. The van der Waals surface area contributed by atoms with Gasteiger partial charge in [0.15, 0.2) is 0 Å². The van der Waals surface area contributed by atoms with E-state index in [1.54, 1.807) is 0 Å². The molecule has 90 valence electrons. The van der Waals surface area contributed by atoms with Crippen LogP contribution in [0.15, 0.2) is 24.4 Å². The Morgan fingerprint density at radius 2 is 2.35 bits per heavy atom. The summed E-state index contributed by atoms with van der Waals surface area (Å²) in [5, 5.41) is 15.0. The van der Waals surface area contributed by atoms with Crippen molar-refractivity contribution in [2.24, 2.45) is 0 Å². The molecule has 1 aromatic carbocycles. The number of rotatable bonds is 3. The summed E-state index contributed by atoms with van der Waals surface area (Å²) in [4.78, 5) is 3.28. The van der Waals surface area contributed by atoms with E-state index in [1.165, 1.54) is 10.9 Å². The van der Waals surface area contributed by atoms with Crippen molar-refractivity contribution in [2.45, 2.75) is 31.9 Å². The van der Waals surface area contributed by atoms with Crippen LogP contribution in [0.4, 0.5) is 0 Å². The largest absolute Gasteiger partial charge is 0.387 e. The predicted octanol–water partition coefficient (Wildman–Crippen LogP) is 2.13. The van der Waals surface area contributed by atoms with E-state index in [1.807, 2.05) is 12.1 Å². The molecule has 0 aliphatic heterocycles. The van der Waals surface area contributed by atoms with Gasteiger partial charge in [0.2, 0.25) is 0 Å². The van der Waals surface area contributed by atoms with Crippen LogP contribution in [-0.4, -0.2) is 22.7 Å². The van der Waals surface area contributed by atoms with E-state index in [4.69, 9.17) is 0 Å². The van der Waals surface area contributed by atoms with E-state index in [0.717, 1.165) is 30.5 Å². The van der Waals surface area contributed by atoms with Crippen molar-refractivity contribution in [1.29, 1.82) is 0 Å². The molecule has 3 rings (SSSR count). The summed E-state index contributed by atoms with van der Waals surface area (Å²) in [5.41, 5.74) is 3.50. The zero-order valence-electron chi connectivity index (χ0n) is 10.0. The summed E-state index contributed by atoms with van der Waals surface area (Å²) in [6.07, 6.45) is 3.67. The molecule has 2 unspecified atom stereocenters. The lowest BCUT2D eigenvalue weighted by molar-refractivity contribution is 0.126. The monoisotopic (exact) mass is 230 g/mol. The minimum Gasteiger partial charge on any atom is -0.387 e. The van der Waals surface area contributed by atoms with Gasteiger partial charge >= 0.3 is 0 Å². The number of hydrogen-bond donors (Lipinski definition) is 3. The maximum Gasteiger partial charge on any atom is 0.0952 e. The molecule has 1 aliphatic carbocycles. The van der Waals surface area contributed by atoms with Gasteiger partial charge in [-0.1, -0.05) is 19.1 Å². The number of H-pyrrole nitrogens is 1. The molecule has 1 aliphatic rings. The molecular weight excluding hydrogens is 212 g/mol. The molecule has 0 spiro atoms. The lowest BCUT2D eigenvalue weighted by atomic mass is 9.87. The second-order valence-electron chi connectivity index (χ2n) is 4.79. The topological polar surface area (TPSA) is 48.0 Å². The van der Waals surface area contributed by atoms with Crippen molar-refractivity contribution in [2.75, 3.05) is 6.54 Å². The molecule has 1 aromatic heterocycles. The summed E-state index contributed by atoms with van der Waals surface area (Å²) >= 11 is 0. The van der Waals surface area contributed by atoms with Gasteiger partial charge in [-0.2, -0.15) is 0 Å². The maximum absolute atomic E-state index is 10.4. The van der Waals surface area contributed by atoms with E-state index in [0.29, 0.717) is 0 Å². The highest BCUT2D eigenvalue weighted by Crippen LogP contribution is 2.35. The molecule has 0 fully saturated rings. The van der Waals surface area contributed by atoms with Crippen LogP contribution in [0.5, 0.6) is 0 Å². The van der Waals surface area contributed by atoms with Gasteiger partial charge in [-0.3, -0.25) is 0 Å². The number of benzene rings is 1. The van der Waals surface area contributed by atoms with Gasteiger partial charge in [0, 0.05) is 23.1 Å². The average Bonchev–Trinajstić information content (AvgIpc) is 2.76. The smallest absolute Gasteiger partial charge is 0.0952 e. The number of aromatic nitrogens is 1. The second kappa shape index (κ2) is 4.17. The van der Waals surface area contributed by atoms with Crippen LogP contribution in [0.2, 0.25) is 0 Å². The number of aromatic amines is 1. The fraction of sp³-hybridized carbons (Fsp3) is 0.429. The summed E-state index contributed by atoms with van der Waals surface area (Å²) in [7, 11) is 0. The maximum atomic E-state index is 10.4. The molecule has 0 radical (unpaired) electrons. The molecule has 17 heavy (non-hydrogen) atoms. The third kappa shape index (κ3) is 1.66. The molecule has 3 N–H and O–H groups in total. The molecule has 2 aromatic rings. The Balaban J connectivity index is 2.01. The highest BCUT2D eigenvalue weighted by molar-refractivity contribution is 5.88. The molecule has 0 bridgehead atoms. The first kappa shape index (κ1) is 10.8. The summed E-state index contributed by atoms with van der Waals surface area (Å²) < 4.78 is 0. The lowest BCUT2D eigenvalue weighted by Crippen LogP contribution is -2.39. The SMILES string of the molecule is CCCNC1Cc2c[nH]c3cccc(c23)C1O. The predicted molar refractivity (Wildman–Crippen MR) is 69.0 cm³/mol. The highest BCUT2D eigenvalue weighted by atomic mass is 16.3. The zero-order valence-corrected chi connectivity index (χ0v) is 10.0. The first-order chi connectivity index (χ1) is 8.31. The quantitative estimate of drug-likeness (QED) is 0.756. The fourth-order valence-corrected chi connectivity index (χ4v) is 2.77.